The van der Waals surface area contributed by atoms with Crippen LogP contribution in [0.1, 0.15) is 39.5 Å². The van der Waals surface area contributed by atoms with Gasteiger partial charge in [0, 0.05) is 12.6 Å². The zero-order valence-corrected chi connectivity index (χ0v) is 12.1. The smallest absolute Gasteiger partial charge is 0.00953 e. The van der Waals surface area contributed by atoms with E-state index in [1.165, 1.54) is 37.8 Å². The molecule has 3 unspecified atom stereocenters. The fourth-order valence-corrected chi connectivity index (χ4v) is 3.64. The molecule has 0 radical (unpaired) electrons. The molecule has 0 amide bonds. The number of allylic oxidation sites excluding steroid dienone is 6. The minimum atomic E-state index is 0.855. The normalized spacial score (nSPS) is 33.9. The third kappa shape index (κ3) is 3.14. The molecule has 2 aliphatic heterocycles. The predicted octanol–water partition coefficient (Wildman–Crippen LogP) is 4.19. The molecule has 3 fully saturated rings. The van der Waals surface area contributed by atoms with Crippen LogP contribution in [0.15, 0.2) is 36.0 Å². The molecule has 0 aromatic carbocycles. The van der Waals surface area contributed by atoms with Crippen molar-refractivity contribution >= 4 is 0 Å². The summed E-state index contributed by atoms with van der Waals surface area (Å²) < 4.78 is 0. The van der Waals surface area contributed by atoms with Gasteiger partial charge in [-0.2, -0.15) is 0 Å². The lowest BCUT2D eigenvalue weighted by Crippen LogP contribution is -2.49. The van der Waals surface area contributed by atoms with Gasteiger partial charge in [0.2, 0.25) is 0 Å². The van der Waals surface area contributed by atoms with Gasteiger partial charge in [0.15, 0.2) is 0 Å². The Bertz CT molecular complexity index is 351. The van der Waals surface area contributed by atoms with Crippen LogP contribution < -0.4 is 0 Å². The van der Waals surface area contributed by atoms with Crippen molar-refractivity contribution < 1.29 is 0 Å². The molecule has 1 heteroatoms. The summed E-state index contributed by atoms with van der Waals surface area (Å²) in [6.07, 6.45) is 16.6. The van der Waals surface area contributed by atoms with E-state index in [-0.39, 0.29) is 0 Å². The molecule has 1 nitrogen and oxygen atoms in total. The zero-order valence-electron chi connectivity index (χ0n) is 12.1. The standard InChI is InChI=1S/C17H27N/c1-4-6-8-14(7-5-2)11-16-12-17-10-9-15(16)13-18(17)3/h4-8,15-17H,9-13H2,1-3H3/b6-4-,7-5-,14-8+. The lowest BCUT2D eigenvalue weighted by atomic mass is 9.70. The highest BCUT2D eigenvalue weighted by atomic mass is 15.1. The summed E-state index contributed by atoms with van der Waals surface area (Å²) in [6, 6.07) is 0.855. The van der Waals surface area contributed by atoms with E-state index in [9.17, 15) is 0 Å². The molecular weight excluding hydrogens is 218 g/mol. The summed E-state index contributed by atoms with van der Waals surface area (Å²) >= 11 is 0. The predicted molar refractivity (Wildman–Crippen MR) is 79.6 cm³/mol. The average molecular weight is 245 g/mol. The minimum Gasteiger partial charge on any atom is -0.303 e. The lowest BCUT2D eigenvalue weighted by molar-refractivity contribution is 0.0239. The maximum absolute atomic E-state index is 2.58. The Kier molecular flexibility index (Phi) is 4.82. The van der Waals surface area contributed by atoms with Crippen LogP contribution in [0.25, 0.3) is 0 Å². The second-order valence-corrected chi connectivity index (χ2v) is 5.90. The number of fused-ring (bicyclic) bond motifs is 3. The van der Waals surface area contributed by atoms with E-state index in [1.54, 1.807) is 0 Å². The molecule has 2 heterocycles. The van der Waals surface area contributed by atoms with Crippen LogP contribution in [0, 0.1) is 11.8 Å². The SMILES string of the molecule is C\C=C/C=C(\C=C/C)CC1CC2CCC1CN2C. The molecule has 0 N–H and O–H groups in total. The Morgan fingerprint density at radius 1 is 1.22 bits per heavy atom. The van der Waals surface area contributed by atoms with Gasteiger partial charge in [0.05, 0.1) is 0 Å². The first-order chi connectivity index (χ1) is 8.74. The van der Waals surface area contributed by atoms with Gasteiger partial charge in [0.1, 0.15) is 0 Å². The summed E-state index contributed by atoms with van der Waals surface area (Å²) in [5, 5.41) is 0. The molecule has 100 valence electrons. The van der Waals surface area contributed by atoms with Crippen molar-refractivity contribution in [1.82, 2.24) is 4.90 Å². The maximum Gasteiger partial charge on any atom is 0.00953 e. The van der Waals surface area contributed by atoms with Crippen LogP contribution >= 0.6 is 0 Å². The molecule has 0 spiro atoms. The largest absolute Gasteiger partial charge is 0.303 e. The molecule has 2 bridgehead atoms. The van der Waals surface area contributed by atoms with Gasteiger partial charge < -0.3 is 4.90 Å². The first-order valence-corrected chi connectivity index (χ1v) is 7.39. The third-order valence-corrected chi connectivity index (χ3v) is 4.64. The first-order valence-electron chi connectivity index (χ1n) is 7.39. The second kappa shape index (κ2) is 6.38. The molecule has 0 aromatic heterocycles. The zero-order chi connectivity index (χ0) is 13.0. The lowest BCUT2D eigenvalue weighted by Gasteiger charge is -2.48. The fourth-order valence-electron chi connectivity index (χ4n) is 3.64. The quantitative estimate of drug-likeness (QED) is 0.671. The van der Waals surface area contributed by atoms with Crippen LogP contribution in [0.2, 0.25) is 0 Å². The van der Waals surface area contributed by atoms with Crippen LogP contribution in [-0.2, 0) is 0 Å². The van der Waals surface area contributed by atoms with E-state index >= 15 is 0 Å². The van der Waals surface area contributed by atoms with Crippen LogP contribution in [0.3, 0.4) is 0 Å². The van der Waals surface area contributed by atoms with Crippen molar-refractivity contribution in [2.24, 2.45) is 11.8 Å². The highest BCUT2D eigenvalue weighted by Gasteiger charge is 2.38. The summed E-state index contributed by atoms with van der Waals surface area (Å²) in [4.78, 5) is 2.58. The maximum atomic E-state index is 2.58. The Labute approximate surface area is 112 Å². The van der Waals surface area contributed by atoms with Crippen molar-refractivity contribution in [3.8, 4) is 0 Å². The number of rotatable bonds is 4. The summed E-state index contributed by atoms with van der Waals surface area (Å²) in [5.74, 6) is 1.84. The molecule has 2 saturated heterocycles. The van der Waals surface area contributed by atoms with E-state index in [1.807, 2.05) is 0 Å². The molecule has 1 saturated carbocycles. The highest BCUT2D eigenvalue weighted by Crippen LogP contribution is 2.41. The van der Waals surface area contributed by atoms with Gasteiger partial charge in [-0.05, 0) is 64.0 Å². The Balaban J connectivity index is 2.00. The monoisotopic (exact) mass is 245 g/mol. The van der Waals surface area contributed by atoms with Crippen LogP contribution in [0.4, 0.5) is 0 Å². The number of hydrogen-bond donors (Lipinski definition) is 0. The van der Waals surface area contributed by atoms with E-state index in [0.717, 1.165) is 17.9 Å². The van der Waals surface area contributed by atoms with Crippen LogP contribution in [-0.4, -0.2) is 24.5 Å². The first kappa shape index (κ1) is 13.6. The van der Waals surface area contributed by atoms with Crippen molar-refractivity contribution in [3.05, 3.63) is 36.0 Å². The topological polar surface area (TPSA) is 3.24 Å². The van der Waals surface area contributed by atoms with Gasteiger partial charge in [-0.1, -0.05) is 30.4 Å². The molecular formula is C17H27N. The van der Waals surface area contributed by atoms with Crippen LogP contribution in [0.5, 0.6) is 0 Å². The average Bonchev–Trinajstić information content (AvgIpc) is 2.37. The van der Waals surface area contributed by atoms with E-state index < -0.39 is 0 Å². The molecule has 18 heavy (non-hydrogen) atoms. The number of hydrogen-bond acceptors (Lipinski definition) is 1. The van der Waals surface area contributed by atoms with Crippen molar-refractivity contribution in [1.29, 1.82) is 0 Å². The molecule has 3 atom stereocenters. The Morgan fingerprint density at radius 2 is 2.06 bits per heavy atom. The molecule has 0 aromatic rings. The Morgan fingerprint density at radius 3 is 2.61 bits per heavy atom. The van der Waals surface area contributed by atoms with E-state index in [2.05, 4.69) is 56.2 Å². The summed E-state index contributed by atoms with van der Waals surface area (Å²) in [6.45, 7) is 5.52. The number of nitrogens with zero attached hydrogens (tertiary/aromatic N) is 1. The molecule has 3 aliphatic rings. The summed E-state index contributed by atoms with van der Waals surface area (Å²) in [7, 11) is 2.30. The van der Waals surface area contributed by atoms with Gasteiger partial charge >= 0.3 is 0 Å². The van der Waals surface area contributed by atoms with Crippen molar-refractivity contribution in [2.45, 2.75) is 45.6 Å². The Hall–Kier alpha value is -0.820. The molecule has 1 aliphatic carbocycles. The minimum absolute atomic E-state index is 0.855. The number of piperidine rings is 2. The van der Waals surface area contributed by atoms with Gasteiger partial charge in [-0.25, -0.2) is 0 Å². The fraction of sp³-hybridized carbons (Fsp3) is 0.647. The highest BCUT2D eigenvalue weighted by molar-refractivity contribution is 5.24. The van der Waals surface area contributed by atoms with Crippen molar-refractivity contribution in [3.63, 3.8) is 0 Å². The van der Waals surface area contributed by atoms with Crippen molar-refractivity contribution in [2.75, 3.05) is 13.6 Å². The van der Waals surface area contributed by atoms with E-state index in [4.69, 9.17) is 0 Å². The van der Waals surface area contributed by atoms with Gasteiger partial charge in [-0.15, -0.1) is 0 Å². The second-order valence-electron chi connectivity index (χ2n) is 5.90. The summed E-state index contributed by atoms with van der Waals surface area (Å²) in [5.41, 5.74) is 1.50. The molecule has 3 rings (SSSR count). The third-order valence-electron chi connectivity index (χ3n) is 4.64. The van der Waals surface area contributed by atoms with Gasteiger partial charge in [-0.3, -0.25) is 0 Å². The van der Waals surface area contributed by atoms with E-state index in [0.29, 0.717) is 0 Å². The van der Waals surface area contributed by atoms with Gasteiger partial charge in [0.25, 0.3) is 0 Å².